The summed E-state index contributed by atoms with van der Waals surface area (Å²) < 4.78 is 24.1. The van der Waals surface area contributed by atoms with Gasteiger partial charge in [-0.2, -0.15) is 0 Å². The van der Waals surface area contributed by atoms with E-state index in [0.29, 0.717) is 5.56 Å². The standard InChI is InChI=1S/C12H15F2NO3/c13-11(14)10(16)7-15-6-9(12(17)18)8-4-2-1-3-5-8/h1-5,9-11,15-16H,6-7H2,(H,17,18). The van der Waals surface area contributed by atoms with Crippen molar-refractivity contribution < 1.29 is 23.8 Å². The second-order valence-electron chi connectivity index (χ2n) is 3.86. The summed E-state index contributed by atoms with van der Waals surface area (Å²) in [6.45, 7) is -0.350. The number of aliphatic hydroxyl groups is 1. The molecule has 1 aromatic carbocycles. The Morgan fingerprint density at radius 2 is 1.83 bits per heavy atom. The molecule has 0 fully saturated rings. The van der Waals surface area contributed by atoms with Gasteiger partial charge in [0.25, 0.3) is 6.43 Å². The van der Waals surface area contributed by atoms with Crippen molar-refractivity contribution in [1.29, 1.82) is 0 Å². The SMILES string of the molecule is O=C(O)C(CNCC(O)C(F)F)c1ccccc1. The van der Waals surface area contributed by atoms with Crippen molar-refractivity contribution in [2.75, 3.05) is 13.1 Å². The van der Waals surface area contributed by atoms with Crippen LogP contribution in [0.5, 0.6) is 0 Å². The molecule has 0 saturated carbocycles. The van der Waals surface area contributed by atoms with Crippen molar-refractivity contribution in [2.24, 2.45) is 0 Å². The fraction of sp³-hybridized carbons (Fsp3) is 0.417. The van der Waals surface area contributed by atoms with Crippen LogP contribution < -0.4 is 5.32 Å². The van der Waals surface area contributed by atoms with E-state index in [4.69, 9.17) is 10.2 Å². The first-order chi connectivity index (χ1) is 8.52. The van der Waals surface area contributed by atoms with Crippen LogP contribution >= 0.6 is 0 Å². The molecule has 3 N–H and O–H groups in total. The Kier molecular flexibility index (Phi) is 5.67. The highest BCUT2D eigenvalue weighted by Crippen LogP contribution is 2.14. The molecule has 0 bridgehead atoms. The molecule has 0 radical (unpaired) electrons. The largest absolute Gasteiger partial charge is 0.481 e. The number of aliphatic hydroxyl groups excluding tert-OH is 1. The minimum absolute atomic E-state index is 0.0108. The van der Waals surface area contributed by atoms with Gasteiger partial charge in [-0.15, -0.1) is 0 Å². The number of rotatable bonds is 7. The lowest BCUT2D eigenvalue weighted by atomic mass is 9.99. The summed E-state index contributed by atoms with van der Waals surface area (Å²) in [5, 5.41) is 20.5. The zero-order chi connectivity index (χ0) is 13.5. The quantitative estimate of drug-likeness (QED) is 0.685. The molecule has 6 heteroatoms. The molecule has 0 aromatic heterocycles. The van der Waals surface area contributed by atoms with Gasteiger partial charge in [0.2, 0.25) is 0 Å². The topological polar surface area (TPSA) is 69.6 Å². The summed E-state index contributed by atoms with van der Waals surface area (Å²) in [5.74, 6) is -1.86. The molecule has 0 spiro atoms. The lowest BCUT2D eigenvalue weighted by molar-refractivity contribution is -0.138. The Hall–Kier alpha value is -1.53. The number of carbonyl (C=O) groups is 1. The Morgan fingerprint density at radius 1 is 1.22 bits per heavy atom. The second-order valence-corrected chi connectivity index (χ2v) is 3.86. The van der Waals surface area contributed by atoms with E-state index in [1.165, 1.54) is 0 Å². The smallest absolute Gasteiger partial charge is 0.312 e. The first kappa shape index (κ1) is 14.5. The molecule has 1 rings (SSSR count). The van der Waals surface area contributed by atoms with Gasteiger partial charge in [0.05, 0.1) is 5.92 Å². The molecule has 1 aromatic rings. The van der Waals surface area contributed by atoms with E-state index in [0.717, 1.165) is 0 Å². The summed E-state index contributed by atoms with van der Waals surface area (Å²) in [6.07, 6.45) is -4.62. The number of hydrogen-bond donors (Lipinski definition) is 3. The molecular weight excluding hydrogens is 244 g/mol. The van der Waals surface area contributed by atoms with Gasteiger partial charge in [0.15, 0.2) is 0 Å². The van der Waals surface area contributed by atoms with E-state index >= 15 is 0 Å². The third-order valence-corrected chi connectivity index (χ3v) is 2.49. The van der Waals surface area contributed by atoms with Crippen LogP contribution in [0, 0.1) is 0 Å². The van der Waals surface area contributed by atoms with Gasteiger partial charge in [0, 0.05) is 13.1 Å². The average Bonchev–Trinajstić information content (AvgIpc) is 2.34. The molecule has 4 nitrogen and oxygen atoms in total. The molecular formula is C12H15F2NO3. The van der Waals surface area contributed by atoms with E-state index < -0.39 is 24.4 Å². The van der Waals surface area contributed by atoms with Crippen molar-refractivity contribution >= 4 is 5.97 Å². The Balaban J connectivity index is 2.53. The van der Waals surface area contributed by atoms with E-state index in [2.05, 4.69) is 5.32 Å². The third kappa shape index (κ3) is 4.38. The maximum atomic E-state index is 12.0. The minimum Gasteiger partial charge on any atom is -0.481 e. The number of nitrogens with one attached hydrogen (secondary N) is 1. The fourth-order valence-corrected chi connectivity index (χ4v) is 1.50. The fourth-order valence-electron chi connectivity index (χ4n) is 1.50. The molecule has 0 heterocycles. The van der Waals surface area contributed by atoms with Crippen molar-refractivity contribution in [3.63, 3.8) is 0 Å². The highest BCUT2D eigenvalue weighted by molar-refractivity contribution is 5.76. The molecule has 2 unspecified atom stereocenters. The number of benzene rings is 1. The van der Waals surface area contributed by atoms with Gasteiger partial charge in [-0.1, -0.05) is 30.3 Å². The zero-order valence-corrected chi connectivity index (χ0v) is 9.59. The van der Waals surface area contributed by atoms with Crippen LogP contribution in [0.15, 0.2) is 30.3 Å². The number of alkyl halides is 2. The zero-order valence-electron chi connectivity index (χ0n) is 9.59. The monoisotopic (exact) mass is 259 g/mol. The lowest BCUT2D eigenvalue weighted by Crippen LogP contribution is -2.35. The van der Waals surface area contributed by atoms with Crippen LogP contribution in [0.4, 0.5) is 8.78 Å². The van der Waals surface area contributed by atoms with E-state index in [9.17, 15) is 13.6 Å². The highest BCUT2D eigenvalue weighted by Gasteiger charge is 2.21. The van der Waals surface area contributed by atoms with Crippen LogP contribution in [0.25, 0.3) is 0 Å². The predicted molar refractivity (Wildman–Crippen MR) is 61.7 cm³/mol. The molecule has 0 saturated heterocycles. The van der Waals surface area contributed by atoms with Gasteiger partial charge >= 0.3 is 5.97 Å². The van der Waals surface area contributed by atoms with Gasteiger partial charge in [-0.25, -0.2) is 8.78 Å². The third-order valence-electron chi connectivity index (χ3n) is 2.49. The van der Waals surface area contributed by atoms with Gasteiger partial charge in [0.1, 0.15) is 6.10 Å². The van der Waals surface area contributed by atoms with Crippen molar-refractivity contribution in [3.05, 3.63) is 35.9 Å². The summed E-state index contributed by atoms with van der Waals surface area (Å²) in [4.78, 5) is 11.1. The van der Waals surface area contributed by atoms with E-state index in [1.54, 1.807) is 30.3 Å². The molecule has 0 aliphatic carbocycles. The van der Waals surface area contributed by atoms with Crippen LogP contribution in [0.2, 0.25) is 0 Å². The van der Waals surface area contributed by atoms with E-state index in [1.807, 2.05) is 0 Å². The second kappa shape index (κ2) is 7.03. The van der Waals surface area contributed by atoms with Crippen LogP contribution in [-0.4, -0.2) is 41.8 Å². The Morgan fingerprint density at radius 3 is 2.33 bits per heavy atom. The molecule has 0 aliphatic heterocycles. The molecule has 2 atom stereocenters. The van der Waals surface area contributed by atoms with Gasteiger partial charge in [-0.3, -0.25) is 4.79 Å². The average molecular weight is 259 g/mol. The Bertz CT molecular complexity index is 373. The lowest BCUT2D eigenvalue weighted by Gasteiger charge is -2.15. The van der Waals surface area contributed by atoms with E-state index in [-0.39, 0.29) is 13.1 Å². The molecule has 100 valence electrons. The molecule has 0 aliphatic rings. The van der Waals surface area contributed by atoms with Crippen molar-refractivity contribution in [2.45, 2.75) is 18.4 Å². The van der Waals surface area contributed by atoms with Crippen LogP contribution in [0.1, 0.15) is 11.5 Å². The first-order valence-corrected chi connectivity index (χ1v) is 5.47. The summed E-state index contributed by atoms with van der Waals surface area (Å²) in [6, 6.07) is 8.49. The summed E-state index contributed by atoms with van der Waals surface area (Å²) in [5.41, 5.74) is 0.587. The molecule has 18 heavy (non-hydrogen) atoms. The number of carboxylic acid groups (broad SMARTS) is 1. The van der Waals surface area contributed by atoms with Crippen LogP contribution in [0.3, 0.4) is 0 Å². The summed E-state index contributed by atoms with van der Waals surface area (Å²) in [7, 11) is 0. The minimum atomic E-state index is -2.84. The number of aliphatic carboxylic acids is 1. The maximum absolute atomic E-state index is 12.0. The molecule has 0 amide bonds. The van der Waals surface area contributed by atoms with Gasteiger partial charge in [-0.05, 0) is 5.56 Å². The Labute approximate surface area is 103 Å². The normalized spacial score (nSPS) is 14.4. The van der Waals surface area contributed by atoms with Crippen molar-refractivity contribution in [1.82, 2.24) is 5.32 Å². The number of carboxylic acids is 1. The number of halogens is 2. The highest BCUT2D eigenvalue weighted by atomic mass is 19.3. The maximum Gasteiger partial charge on any atom is 0.312 e. The van der Waals surface area contributed by atoms with Crippen LogP contribution in [-0.2, 0) is 4.79 Å². The first-order valence-electron chi connectivity index (χ1n) is 5.47. The summed E-state index contributed by atoms with van der Waals surface area (Å²) >= 11 is 0. The number of hydrogen-bond acceptors (Lipinski definition) is 3. The predicted octanol–water partition coefficient (Wildman–Crippen LogP) is 1.07. The van der Waals surface area contributed by atoms with Gasteiger partial charge < -0.3 is 15.5 Å². The van der Waals surface area contributed by atoms with Crippen molar-refractivity contribution in [3.8, 4) is 0 Å².